The van der Waals surface area contributed by atoms with E-state index < -0.39 is 0 Å². The van der Waals surface area contributed by atoms with Crippen molar-refractivity contribution in [2.24, 2.45) is 0 Å². The van der Waals surface area contributed by atoms with Gasteiger partial charge in [0.2, 0.25) is 11.7 Å². The normalized spacial score (nSPS) is 17.6. The van der Waals surface area contributed by atoms with Gasteiger partial charge in [-0.2, -0.15) is 0 Å². The summed E-state index contributed by atoms with van der Waals surface area (Å²) in [5.74, 6) is 1.05. The average molecular weight is 420 g/mol. The second-order valence-corrected chi connectivity index (χ2v) is 9.14. The number of piperidine rings is 1. The number of carbonyl (C=O) groups is 1. The maximum atomic E-state index is 12.9. The highest BCUT2D eigenvalue weighted by Crippen LogP contribution is 2.25. The van der Waals surface area contributed by atoms with E-state index in [2.05, 4.69) is 24.0 Å². The van der Waals surface area contributed by atoms with Gasteiger partial charge in [0.15, 0.2) is 5.16 Å². The Morgan fingerprint density at radius 2 is 2.21 bits per heavy atom. The van der Waals surface area contributed by atoms with Crippen LogP contribution in [-0.2, 0) is 11.3 Å². The molecule has 0 bridgehead atoms. The Kier molecular flexibility index (Phi) is 5.73. The number of likely N-dealkylation sites (tertiary alicyclic amines) is 1. The lowest BCUT2D eigenvalue weighted by Gasteiger charge is -2.33. The molecule has 9 heteroatoms. The SMILES string of the molecule is CCCCn1c(=O)c2sccc2n2c(SCC(=O)N3CCCCC3C)nnc12. The lowest BCUT2D eigenvalue weighted by Crippen LogP contribution is -2.42. The number of fused-ring (bicyclic) bond motifs is 3. The van der Waals surface area contributed by atoms with E-state index in [9.17, 15) is 9.59 Å². The topological polar surface area (TPSA) is 72.5 Å². The molecular weight excluding hydrogens is 394 g/mol. The number of carbonyl (C=O) groups excluding carboxylic acids is 1. The third kappa shape index (κ3) is 3.45. The van der Waals surface area contributed by atoms with Crippen molar-refractivity contribution in [1.29, 1.82) is 0 Å². The summed E-state index contributed by atoms with van der Waals surface area (Å²) in [6.45, 7) is 5.69. The van der Waals surface area contributed by atoms with Crippen molar-refractivity contribution in [3.63, 3.8) is 0 Å². The molecule has 28 heavy (non-hydrogen) atoms. The van der Waals surface area contributed by atoms with Crippen LogP contribution >= 0.6 is 23.1 Å². The number of rotatable bonds is 6. The van der Waals surface area contributed by atoms with Crippen molar-refractivity contribution in [1.82, 2.24) is 24.1 Å². The van der Waals surface area contributed by atoms with Crippen LogP contribution in [0.25, 0.3) is 16.0 Å². The van der Waals surface area contributed by atoms with Crippen LogP contribution in [0.4, 0.5) is 0 Å². The number of hydrogen-bond donors (Lipinski definition) is 0. The second kappa shape index (κ2) is 8.24. The molecule has 0 aliphatic carbocycles. The summed E-state index contributed by atoms with van der Waals surface area (Å²) < 4.78 is 4.36. The fourth-order valence-electron chi connectivity index (χ4n) is 3.79. The summed E-state index contributed by atoms with van der Waals surface area (Å²) in [4.78, 5) is 27.5. The smallest absolute Gasteiger partial charge is 0.272 e. The minimum Gasteiger partial charge on any atom is -0.339 e. The summed E-state index contributed by atoms with van der Waals surface area (Å²) in [6, 6.07) is 2.24. The molecule has 7 nitrogen and oxygen atoms in total. The maximum absolute atomic E-state index is 12.9. The Morgan fingerprint density at radius 3 is 3.00 bits per heavy atom. The van der Waals surface area contributed by atoms with E-state index in [4.69, 9.17) is 0 Å². The second-order valence-electron chi connectivity index (χ2n) is 7.28. The first kappa shape index (κ1) is 19.4. The van der Waals surface area contributed by atoms with Crippen molar-refractivity contribution in [2.75, 3.05) is 12.3 Å². The van der Waals surface area contributed by atoms with Crippen molar-refractivity contribution in [3.8, 4) is 0 Å². The highest BCUT2D eigenvalue weighted by molar-refractivity contribution is 7.99. The third-order valence-corrected chi connectivity index (χ3v) is 7.17. The number of hydrogen-bond acceptors (Lipinski definition) is 6. The number of amides is 1. The van der Waals surface area contributed by atoms with Crippen molar-refractivity contribution in [3.05, 3.63) is 21.8 Å². The first-order valence-corrected chi connectivity index (χ1v) is 11.8. The Balaban J connectivity index is 1.66. The molecule has 1 unspecified atom stereocenters. The quantitative estimate of drug-likeness (QED) is 0.573. The first-order chi connectivity index (χ1) is 13.6. The number of thiophene rings is 1. The van der Waals surface area contributed by atoms with E-state index in [1.807, 2.05) is 20.7 Å². The summed E-state index contributed by atoms with van der Waals surface area (Å²) in [5.41, 5.74) is 0.817. The van der Waals surface area contributed by atoms with Crippen LogP contribution in [0.5, 0.6) is 0 Å². The zero-order valence-corrected chi connectivity index (χ0v) is 17.9. The van der Waals surface area contributed by atoms with Crippen LogP contribution in [-0.4, -0.2) is 48.3 Å². The molecule has 0 spiro atoms. The molecule has 0 aromatic carbocycles. The molecular formula is C19H25N5O2S2. The van der Waals surface area contributed by atoms with Crippen molar-refractivity contribution < 1.29 is 4.79 Å². The summed E-state index contributed by atoms with van der Waals surface area (Å²) in [7, 11) is 0. The van der Waals surface area contributed by atoms with Gasteiger partial charge in [0.1, 0.15) is 4.70 Å². The third-order valence-electron chi connectivity index (χ3n) is 5.37. The van der Waals surface area contributed by atoms with Gasteiger partial charge >= 0.3 is 0 Å². The fourth-order valence-corrected chi connectivity index (χ4v) is 5.44. The zero-order chi connectivity index (χ0) is 19.7. The van der Waals surface area contributed by atoms with E-state index in [-0.39, 0.29) is 11.5 Å². The molecule has 150 valence electrons. The standard InChI is InChI=1S/C19H25N5O2S2/c1-3-4-9-23-17(26)16-14(8-11-27-16)24-18(23)20-21-19(24)28-12-15(25)22-10-6-5-7-13(22)2/h8,11,13H,3-7,9-10,12H2,1-2H3. The van der Waals surface area contributed by atoms with Crippen LogP contribution < -0.4 is 5.56 Å². The number of aryl methyl sites for hydroxylation is 1. The molecule has 1 fully saturated rings. The molecule has 4 rings (SSSR count). The molecule has 0 N–H and O–H groups in total. The predicted molar refractivity (Wildman–Crippen MR) is 113 cm³/mol. The van der Waals surface area contributed by atoms with Crippen LogP contribution in [0.1, 0.15) is 46.0 Å². The van der Waals surface area contributed by atoms with Crippen LogP contribution in [0.3, 0.4) is 0 Å². The van der Waals surface area contributed by atoms with Gasteiger partial charge in [-0.1, -0.05) is 25.1 Å². The Labute approximate surface area is 171 Å². The van der Waals surface area contributed by atoms with Gasteiger partial charge in [0, 0.05) is 19.1 Å². The van der Waals surface area contributed by atoms with Gasteiger partial charge in [0.05, 0.1) is 11.3 Å². The van der Waals surface area contributed by atoms with Gasteiger partial charge < -0.3 is 4.90 Å². The summed E-state index contributed by atoms with van der Waals surface area (Å²) >= 11 is 2.85. The van der Waals surface area contributed by atoms with Crippen molar-refractivity contribution in [2.45, 2.75) is 63.7 Å². The van der Waals surface area contributed by atoms with Crippen LogP contribution in [0.15, 0.2) is 21.4 Å². The van der Waals surface area contributed by atoms with Crippen molar-refractivity contribution >= 4 is 45.0 Å². The minimum atomic E-state index is -0.00637. The molecule has 0 saturated carbocycles. The minimum absolute atomic E-state index is 0.00637. The Bertz CT molecular complexity index is 1050. The predicted octanol–water partition coefficient (Wildman–Crippen LogP) is 3.40. The number of thioether (sulfide) groups is 1. The molecule has 3 aromatic heterocycles. The highest BCUT2D eigenvalue weighted by atomic mass is 32.2. The van der Waals surface area contributed by atoms with E-state index in [0.29, 0.717) is 34.0 Å². The molecule has 0 radical (unpaired) electrons. The van der Waals surface area contributed by atoms with Gasteiger partial charge in [-0.15, -0.1) is 21.5 Å². The van der Waals surface area contributed by atoms with E-state index in [1.165, 1.54) is 29.5 Å². The fraction of sp³-hybridized carbons (Fsp3) is 0.579. The number of aromatic nitrogens is 4. The molecule has 1 aliphatic heterocycles. The Morgan fingerprint density at radius 1 is 1.36 bits per heavy atom. The number of unbranched alkanes of at least 4 members (excludes halogenated alkanes) is 1. The first-order valence-electron chi connectivity index (χ1n) is 9.89. The monoisotopic (exact) mass is 419 g/mol. The highest BCUT2D eigenvalue weighted by Gasteiger charge is 2.24. The molecule has 4 heterocycles. The van der Waals surface area contributed by atoms with Gasteiger partial charge in [-0.3, -0.25) is 18.6 Å². The summed E-state index contributed by atoms with van der Waals surface area (Å²) in [5, 5.41) is 11.2. The summed E-state index contributed by atoms with van der Waals surface area (Å²) in [6.07, 6.45) is 5.25. The lowest BCUT2D eigenvalue weighted by atomic mass is 10.0. The Hall–Kier alpha value is -1.87. The molecule has 3 aromatic rings. The van der Waals surface area contributed by atoms with Gasteiger partial charge in [0.25, 0.3) is 5.56 Å². The molecule has 1 atom stereocenters. The van der Waals surface area contributed by atoms with Gasteiger partial charge in [-0.25, -0.2) is 0 Å². The number of nitrogens with zero attached hydrogens (tertiary/aromatic N) is 5. The zero-order valence-electron chi connectivity index (χ0n) is 16.3. The van der Waals surface area contributed by atoms with Crippen LogP contribution in [0.2, 0.25) is 0 Å². The van der Waals surface area contributed by atoms with Gasteiger partial charge in [-0.05, 0) is 44.1 Å². The lowest BCUT2D eigenvalue weighted by molar-refractivity contribution is -0.131. The van der Waals surface area contributed by atoms with E-state index >= 15 is 0 Å². The van der Waals surface area contributed by atoms with E-state index in [1.54, 1.807) is 4.57 Å². The molecule has 1 saturated heterocycles. The average Bonchev–Trinajstić information content (AvgIpc) is 3.33. The molecule has 1 amide bonds. The van der Waals surface area contributed by atoms with E-state index in [0.717, 1.165) is 37.7 Å². The van der Waals surface area contributed by atoms with Crippen LogP contribution in [0, 0.1) is 0 Å². The maximum Gasteiger partial charge on any atom is 0.272 e. The largest absolute Gasteiger partial charge is 0.339 e. The molecule has 1 aliphatic rings.